The molecular weight excluding hydrogens is 536 g/mol. The van der Waals surface area contributed by atoms with Crippen molar-refractivity contribution in [3.05, 3.63) is 66.5 Å². The van der Waals surface area contributed by atoms with Gasteiger partial charge < -0.3 is 25.8 Å². The van der Waals surface area contributed by atoms with Gasteiger partial charge in [-0.1, -0.05) is 12.1 Å². The highest BCUT2D eigenvalue weighted by Crippen LogP contribution is 2.22. The van der Waals surface area contributed by atoms with E-state index in [1.165, 1.54) is 0 Å². The number of benzene rings is 2. The number of carbonyl (C=O) groups excluding carboxylic acids is 3. The zero-order chi connectivity index (χ0) is 30.1. The molecule has 4 rings (SSSR count). The summed E-state index contributed by atoms with van der Waals surface area (Å²) in [4.78, 5) is 46.7. The molecule has 222 valence electrons. The van der Waals surface area contributed by atoms with Crippen LogP contribution in [0.15, 0.2) is 60.9 Å². The molecule has 1 saturated heterocycles. The van der Waals surface area contributed by atoms with Gasteiger partial charge in [0, 0.05) is 42.3 Å². The summed E-state index contributed by atoms with van der Waals surface area (Å²) >= 11 is 0. The summed E-state index contributed by atoms with van der Waals surface area (Å²) < 4.78 is 11.1. The summed E-state index contributed by atoms with van der Waals surface area (Å²) in [6.45, 7) is 8.04. The lowest BCUT2D eigenvalue weighted by Crippen LogP contribution is -2.42. The minimum Gasteiger partial charge on any atom is -0.492 e. The topological polar surface area (TPSA) is 149 Å². The maximum absolute atomic E-state index is 12.4. The zero-order valence-electron chi connectivity index (χ0n) is 24.3. The number of piperidine rings is 1. The van der Waals surface area contributed by atoms with E-state index in [-0.39, 0.29) is 24.3 Å². The number of hydrogen-bond donors (Lipinski definition) is 3. The Labute approximate surface area is 245 Å². The number of nitrogens with one attached hydrogen (secondary N) is 2. The van der Waals surface area contributed by atoms with E-state index in [4.69, 9.17) is 15.2 Å². The van der Waals surface area contributed by atoms with Gasteiger partial charge in [0.2, 0.25) is 11.9 Å². The van der Waals surface area contributed by atoms with E-state index in [1.807, 2.05) is 24.3 Å². The minimum absolute atomic E-state index is 0.0716. The summed E-state index contributed by atoms with van der Waals surface area (Å²) in [7, 11) is 0. The van der Waals surface area contributed by atoms with Crippen molar-refractivity contribution >= 4 is 29.4 Å². The summed E-state index contributed by atoms with van der Waals surface area (Å²) in [5.74, 6) is 0.0455. The number of likely N-dealkylation sites (tertiary alicyclic amines) is 1. The van der Waals surface area contributed by atoms with E-state index >= 15 is 0 Å². The van der Waals surface area contributed by atoms with Gasteiger partial charge in [0.05, 0.1) is 5.92 Å². The minimum atomic E-state index is -0.607. The first-order valence-corrected chi connectivity index (χ1v) is 14.0. The van der Waals surface area contributed by atoms with Crippen molar-refractivity contribution in [2.24, 2.45) is 11.7 Å². The smallest absolute Gasteiger partial charge is 0.325 e. The predicted molar refractivity (Wildman–Crippen MR) is 159 cm³/mol. The van der Waals surface area contributed by atoms with Crippen LogP contribution in [-0.2, 0) is 14.3 Å². The van der Waals surface area contributed by atoms with E-state index in [9.17, 15) is 14.4 Å². The van der Waals surface area contributed by atoms with Gasteiger partial charge in [0.15, 0.2) is 0 Å². The van der Waals surface area contributed by atoms with Crippen molar-refractivity contribution in [2.45, 2.75) is 39.2 Å². The van der Waals surface area contributed by atoms with E-state index in [2.05, 4.69) is 25.5 Å². The van der Waals surface area contributed by atoms with Crippen molar-refractivity contribution < 1.29 is 23.9 Å². The van der Waals surface area contributed by atoms with E-state index in [0.29, 0.717) is 24.7 Å². The normalized spacial score (nSPS) is 15.5. The number of anilines is 2. The molecule has 1 unspecified atom stereocenters. The fourth-order valence-electron chi connectivity index (χ4n) is 4.53. The number of amides is 2. The van der Waals surface area contributed by atoms with Crippen LogP contribution in [0, 0.1) is 5.92 Å². The lowest BCUT2D eigenvalue weighted by atomic mass is 9.98. The third kappa shape index (κ3) is 9.27. The van der Waals surface area contributed by atoms with Gasteiger partial charge in [-0.05, 0) is 82.1 Å². The Bertz CT molecular complexity index is 1350. The van der Waals surface area contributed by atoms with Crippen LogP contribution in [-0.4, -0.2) is 71.0 Å². The van der Waals surface area contributed by atoms with Crippen LogP contribution in [0.4, 0.5) is 11.6 Å². The summed E-state index contributed by atoms with van der Waals surface area (Å²) in [5.41, 5.74) is 7.74. The first-order chi connectivity index (χ1) is 20.1. The van der Waals surface area contributed by atoms with E-state index in [0.717, 1.165) is 48.5 Å². The number of rotatable bonds is 11. The molecule has 0 bridgehead atoms. The van der Waals surface area contributed by atoms with Gasteiger partial charge in [-0.25, -0.2) is 9.97 Å². The molecule has 1 atom stereocenters. The summed E-state index contributed by atoms with van der Waals surface area (Å²) in [6.07, 6.45) is 5.24. The second-order valence-electron chi connectivity index (χ2n) is 11.2. The van der Waals surface area contributed by atoms with Crippen molar-refractivity contribution in [2.75, 3.05) is 38.1 Å². The van der Waals surface area contributed by atoms with Gasteiger partial charge in [-0.3, -0.25) is 19.3 Å². The highest BCUT2D eigenvalue weighted by atomic mass is 16.6. The van der Waals surface area contributed by atoms with Crippen LogP contribution in [0.5, 0.6) is 5.75 Å². The van der Waals surface area contributed by atoms with Crippen LogP contribution >= 0.6 is 0 Å². The SMILES string of the molecule is CC(C)(C)OC(=O)CNC(=O)c1ccc(-c2cnc(Nc3ccc(OCCN4CCCC(C(N)=O)C4)cc3)nc2)cc1. The van der Waals surface area contributed by atoms with E-state index in [1.54, 1.807) is 57.4 Å². The third-order valence-corrected chi connectivity index (χ3v) is 6.64. The Balaban J connectivity index is 1.23. The fourth-order valence-corrected chi connectivity index (χ4v) is 4.53. The zero-order valence-corrected chi connectivity index (χ0v) is 24.3. The molecule has 1 aromatic heterocycles. The van der Waals surface area contributed by atoms with Crippen LogP contribution < -0.4 is 21.1 Å². The summed E-state index contributed by atoms with van der Waals surface area (Å²) in [6, 6.07) is 14.5. The van der Waals surface area contributed by atoms with Crippen LogP contribution in [0.1, 0.15) is 44.0 Å². The second-order valence-corrected chi connectivity index (χ2v) is 11.2. The summed E-state index contributed by atoms with van der Waals surface area (Å²) in [5, 5.41) is 5.75. The van der Waals surface area contributed by atoms with Crippen molar-refractivity contribution in [1.29, 1.82) is 0 Å². The molecule has 0 aliphatic carbocycles. The predicted octanol–water partition coefficient (Wildman–Crippen LogP) is 3.53. The van der Waals surface area contributed by atoms with Crippen LogP contribution in [0.3, 0.4) is 0 Å². The number of aromatic nitrogens is 2. The second kappa shape index (κ2) is 13.9. The molecule has 2 amide bonds. The van der Waals surface area contributed by atoms with Gasteiger partial charge in [-0.2, -0.15) is 0 Å². The van der Waals surface area contributed by atoms with Crippen LogP contribution in [0.25, 0.3) is 11.1 Å². The van der Waals surface area contributed by atoms with Crippen molar-refractivity contribution in [3.63, 3.8) is 0 Å². The number of nitrogens with zero attached hydrogens (tertiary/aromatic N) is 3. The van der Waals surface area contributed by atoms with Crippen molar-refractivity contribution in [1.82, 2.24) is 20.2 Å². The number of ether oxygens (including phenoxy) is 2. The third-order valence-electron chi connectivity index (χ3n) is 6.64. The molecule has 42 heavy (non-hydrogen) atoms. The average Bonchev–Trinajstić information content (AvgIpc) is 2.96. The molecule has 0 saturated carbocycles. The lowest BCUT2D eigenvalue weighted by molar-refractivity contribution is -0.153. The number of nitrogens with two attached hydrogens (primary N) is 1. The average molecular weight is 575 g/mol. The van der Waals surface area contributed by atoms with Gasteiger partial charge in [-0.15, -0.1) is 0 Å². The van der Waals surface area contributed by atoms with Gasteiger partial charge in [0.25, 0.3) is 5.91 Å². The van der Waals surface area contributed by atoms with Gasteiger partial charge >= 0.3 is 5.97 Å². The molecule has 0 radical (unpaired) electrons. The largest absolute Gasteiger partial charge is 0.492 e. The Kier molecular flexibility index (Phi) is 10.1. The first kappa shape index (κ1) is 30.4. The Morgan fingerprint density at radius 1 is 1.00 bits per heavy atom. The van der Waals surface area contributed by atoms with Crippen LogP contribution in [0.2, 0.25) is 0 Å². The lowest BCUT2D eigenvalue weighted by Gasteiger charge is -2.30. The fraction of sp³-hybridized carbons (Fsp3) is 0.387. The monoisotopic (exact) mass is 574 g/mol. The highest BCUT2D eigenvalue weighted by molar-refractivity contribution is 5.96. The molecule has 1 aliphatic heterocycles. The maximum atomic E-state index is 12.4. The molecule has 1 aliphatic rings. The number of hydrogen-bond acceptors (Lipinski definition) is 9. The Morgan fingerprint density at radius 2 is 1.69 bits per heavy atom. The molecule has 2 heterocycles. The quantitative estimate of drug-likeness (QED) is 0.292. The highest BCUT2D eigenvalue weighted by Gasteiger charge is 2.23. The Morgan fingerprint density at radius 3 is 2.33 bits per heavy atom. The van der Waals surface area contributed by atoms with Gasteiger partial charge in [0.1, 0.15) is 24.5 Å². The molecule has 0 spiro atoms. The molecule has 1 fully saturated rings. The van der Waals surface area contributed by atoms with Crippen molar-refractivity contribution in [3.8, 4) is 16.9 Å². The molecule has 3 aromatic rings. The molecule has 2 aromatic carbocycles. The maximum Gasteiger partial charge on any atom is 0.325 e. The molecule has 11 nitrogen and oxygen atoms in total. The molecule has 11 heteroatoms. The molecular formula is C31H38N6O5. The number of carbonyl (C=O) groups is 3. The number of primary amides is 1. The standard InChI is InChI=1S/C31H38N6O5/c1-31(2,3)42-27(38)19-33-29(40)22-8-6-21(7-9-22)24-17-34-30(35-18-24)36-25-10-12-26(13-11-25)41-16-15-37-14-4-5-23(20-37)28(32)39/h6-13,17-18,23H,4-5,14-16,19-20H2,1-3H3,(H2,32,39)(H,33,40)(H,34,35,36). The van der Waals surface area contributed by atoms with E-state index < -0.39 is 11.6 Å². The Hall–Kier alpha value is -4.51. The number of esters is 1. The first-order valence-electron chi connectivity index (χ1n) is 14.0. The molecule has 4 N–H and O–H groups in total.